The van der Waals surface area contributed by atoms with Crippen LogP contribution in [0.2, 0.25) is 0 Å². The molecule has 0 saturated carbocycles. The number of aryl methyl sites for hydroxylation is 1. The molecule has 4 aromatic heterocycles. The number of aliphatic hydroxyl groups excluding tert-OH is 1. The van der Waals surface area contributed by atoms with Crippen molar-refractivity contribution < 1.29 is 19.1 Å². The summed E-state index contributed by atoms with van der Waals surface area (Å²) in [5.74, 6) is 1.15. The van der Waals surface area contributed by atoms with Gasteiger partial charge < -0.3 is 24.5 Å². The number of carbonyl (C=O) groups excluding carboxylic acids is 1. The number of ether oxygens (including phenoxy) is 1. The van der Waals surface area contributed by atoms with Crippen molar-refractivity contribution in [1.29, 1.82) is 0 Å². The highest BCUT2D eigenvalue weighted by Crippen LogP contribution is 2.39. The number of nitrogens with zero attached hydrogens (tertiary/aromatic N) is 5. The lowest BCUT2D eigenvalue weighted by Gasteiger charge is -2.34. The Morgan fingerprint density at radius 2 is 1.84 bits per heavy atom. The van der Waals surface area contributed by atoms with Gasteiger partial charge in [-0.15, -0.1) is 11.3 Å². The molecule has 0 spiro atoms. The number of pyridine rings is 2. The third kappa shape index (κ3) is 5.98. The predicted molar refractivity (Wildman–Crippen MR) is 170 cm³/mol. The molecule has 0 unspecified atom stereocenters. The van der Waals surface area contributed by atoms with Crippen LogP contribution in [0.5, 0.6) is 11.5 Å². The summed E-state index contributed by atoms with van der Waals surface area (Å²) in [5, 5.41) is 12.3. The van der Waals surface area contributed by atoms with E-state index in [4.69, 9.17) is 19.2 Å². The van der Waals surface area contributed by atoms with Gasteiger partial charge in [0.2, 0.25) is 5.91 Å². The number of amides is 1. The number of nitrogens with one attached hydrogen (secondary N) is 1. The van der Waals surface area contributed by atoms with Crippen LogP contribution in [0.3, 0.4) is 0 Å². The first kappa shape index (κ1) is 28.0. The van der Waals surface area contributed by atoms with Crippen LogP contribution in [0.4, 0.5) is 11.7 Å². The number of fused-ring (bicyclic) bond motifs is 2. The van der Waals surface area contributed by atoms with Gasteiger partial charge in [-0.3, -0.25) is 19.7 Å². The fourth-order valence-electron chi connectivity index (χ4n) is 5.21. The van der Waals surface area contributed by atoms with Crippen LogP contribution < -0.4 is 10.1 Å². The van der Waals surface area contributed by atoms with Crippen molar-refractivity contribution >= 4 is 50.3 Å². The van der Waals surface area contributed by atoms with Crippen molar-refractivity contribution in [1.82, 2.24) is 24.8 Å². The Hall–Kier alpha value is -4.84. The van der Waals surface area contributed by atoms with Crippen molar-refractivity contribution in [3.05, 3.63) is 90.3 Å². The van der Waals surface area contributed by atoms with Gasteiger partial charge in [0, 0.05) is 62.9 Å². The van der Waals surface area contributed by atoms with E-state index >= 15 is 0 Å². The van der Waals surface area contributed by atoms with Crippen LogP contribution in [0.25, 0.3) is 31.9 Å². The van der Waals surface area contributed by atoms with Crippen LogP contribution in [0.1, 0.15) is 11.1 Å². The van der Waals surface area contributed by atoms with Crippen molar-refractivity contribution in [2.24, 2.45) is 0 Å². The zero-order chi connectivity index (χ0) is 30.0. The van der Waals surface area contributed by atoms with Gasteiger partial charge in [-0.2, -0.15) is 4.98 Å². The largest absolute Gasteiger partial charge is 0.456 e. The number of hydrogen-bond donors (Lipinski definition) is 2. The molecule has 2 N–H and O–H groups in total. The minimum Gasteiger partial charge on any atom is -0.456 e. The molecule has 11 heteroatoms. The van der Waals surface area contributed by atoms with Gasteiger partial charge in [0.15, 0.2) is 5.58 Å². The number of hydrogen-bond acceptors (Lipinski definition) is 10. The third-order valence-electron chi connectivity index (χ3n) is 7.61. The molecule has 222 valence electrons. The Labute approximate surface area is 257 Å². The maximum Gasteiger partial charge on any atom is 0.300 e. The number of aromatic nitrogens is 3. The molecule has 7 rings (SSSR count). The number of aliphatic hydroxyl groups is 1. The standard InChI is InChI=1S/C33H30N6O4S/c1-21-2-5-23(6-3-21)36-33-37-26-16-24(7-9-28(26)43-33)42-29-10-11-34-27-17-30(44-32(27)29)25-8-4-22(18-35-25)19-38-12-14-39(15-13-38)31(41)20-40/h2-11,16-18,40H,12-15,19-20H2,1H3,(H,36,37). The Morgan fingerprint density at radius 3 is 2.61 bits per heavy atom. The molecule has 44 heavy (non-hydrogen) atoms. The second kappa shape index (κ2) is 12.0. The smallest absolute Gasteiger partial charge is 0.300 e. The highest BCUT2D eigenvalue weighted by atomic mass is 32.1. The first-order valence-corrected chi connectivity index (χ1v) is 15.2. The Kier molecular flexibility index (Phi) is 7.65. The topological polar surface area (TPSA) is 117 Å². The SMILES string of the molecule is Cc1ccc(Nc2nc3cc(Oc4ccnc5cc(-c6ccc(CN7CCN(C(=O)CO)CC7)cn6)sc45)ccc3o2)cc1. The van der Waals surface area contributed by atoms with Crippen LogP contribution >= 0.6 is 11.3 Å². The maximum atomic E-state index is 11.7. The molecule has 1 aliphatic rings. The predicted octanol–water partition coefficient (Wildman–Crippen LogP) is 5.98. The first-order valence-electron chi connectivity index (χ1n) is 14.4. The van der Waals surface area contributed by atoms with Gasteiger partial charge in [0.25, 0.3) is 6.01 Å². The van der Waals surface area contributed by atoms with Gasteiger partial charge in [-0.1, -0.05) is 23.8 Å². The number of piperazine rings is 1. The molecule has 5 heterocycles. The average Bonchev–Trinajstić information content (AvgIpc) is 3.67. The lowest BCUT2D eigenvalue weighted by Crippen LogP contribution is -2.49. The van der Waals surface area contributed by atoms with E-state index in [0.29, 0.717) is 41.7 Å². The molecule has 1 amide bonds. The van der Waals surface area contributed by atoms with Crippen molar-refractivity contribution in [3.63, 3.8) is 0 Å². The highest BCUT2D eigenvalue weighted by molar-refractivity contribution is 7.22. The Balaban J connectivity index is 1.04. The summed E-state index contributed by atoms with van der Waals surface area (Å²) in [4.78, 5) is 30.6. The van der Waals surface area contributed by atoms with E-state index in [1.165, 1.54) is 5.56 Å². The second-order valence-corrected chi connectivity index (χ2v) is 11.8. The molecule has 0 radical (unpaired) electrons. The quantitative estimate of drug-likeness (QED) is 0.216. The summed E-state index contributed by atoms with van der Waals surface area (Å²) in [6.45, 7) is 5.18. The molecule has 10 nitrogen and oxygen atoms in total. The van der Waals surface area contributed by atoms with Crippen molar-refractivity contribution in [2.45, 2.75) is 13.5 Å². The Bertz CT molecular complexity index is 1930. The summed E-state index contributed by atoms with van der Waals surface area (Å²) < 4.78 is 13.1. The molecular formula is C33H30N6O4S. The molecule has 1 aliphatic heterocycles. The zero-order valence-corrected chi connectivity index (χ0v) is 24.9. The summed E-state index contributed by atoms with van der Waals surface area (Å²) in [6, 6.07) is 22.1. The van der Waals surface area contributed by atoms with Gasteiger partial charge in [-0.25, -0.2) is 0 Å². The number of rotatable bonds is 8. The van der Waals surface area contributed by atoms with Crippen LogP contribution in [0.15, 0.2) is 83.5 Å². The van der Waals surface area contributed by atoms with Gasteiger partial charge in [-0.05, 0) is 48.9 Å². The maximum absolute atomic E-state index is 11.7. The summed E-state index contributed by atoms with van der Waals surface area (Å²) in [5.41, 5.74) is 6.28. The lowest BCUT2D eigenvalue weighted by molar-refractivity contribution is -0.136. The molecule has 0 aliphatic carbocycles. The fourth-order valence-corrected chi connectivity index (χ4v) is 6.25. The first-order chi connectivity index (χ1) is 21.5. The number of carbonyl (C=O) groups is 1. The van der Waals surface area contributed by atoms with E-state index in [-0.39, 0.29) is 5.91 Å². The second-order valence-electron chi connectivity index (χ2n) is 10.7. The number of anilines is 2. The summed E-state index contributed by atoms with van der Waals surface area (Å²) in [6.07, 6.45) is 3.65. The van der Waals surface area contributed by atoms with E-state index < -0.39 is 6.61 Å². The molecule has 0 bridgehead atoms. The lowest BCUT2D eigenvalue weighted by atomic mass is 10.2. The number of benzene rings is 2. The van der Waals surface area contributed by atoms with Crippen LogP contribution in [0, 0.1) is 6.92 Å². The monoisotopic (exact) mass is 606 g/mol. The van der Waals surface area contributed by atoms with Crippen LogP contribution in [-0.4, -0.2) is 68.6 Å². The molecule has 6 aromatic rings. The van der Waals surface area contributed by atoms with Crippen molar-refractivity contribution in [2.75, 3.05) is 38.1 Å². The average molecular weight is 607 g/mol. The van der Waals surface area contributed by atoms with Gasteiger partial charge >= 0.3 is 0 Å². The van der Waals surface area contributed by atoms with Crippen molar-refractivity contribution in [3.8, 4) is 22.1 Å². The fraction of sp³-hybridized carbons (Fsp3) is 0.212. The van der Waals surface area contributed by atoms with Crippen LogP contribution in [-0.2, 0) is 11.3 Å². The third-order valence-corrected chi connectivity index (χ3v) is 8.77. The molecule has 1 fully saturated rings. The zero-order valence-electron chi connectivity index (χ0n) is 24.1. The minimum absolute atomic E-state index is 0.209. The summed E-state index contributed by atoms with van der Waals surface area (Å²) in [7, 11) is 0. The van der Waals surface area contributed by atoms with E-state index in [2.05, 4.69) is 26.3 Å². The van der Waals surface area contributed by atoms with E-state index in [1.54, 1.807) is 22.4 Å². The van der Waals surface area contributed by atoms with E-state index in [9.17, 15) is 4.79 Å². The normalized spacial score (nSPS) is 13.9. The number of oxazole rings is 1. The molecular weight excluding hydrogens is 576 g/mol. The van der Waals surface area contributed by atoms with E-state index in [1.807, 2.05) is 73.8 Å². The molecule has 2 aromatic carbocycles. The minimum atomic E-state index is -0.432. The number of thiophene rings is 1. The molecule has 1 saturated heterocycles. The molecule has 0 atom stereocenters. The van der Waals surface area contributed by atoms with E-state index in [0.717, 1.165) is 51.7 Å². The highest BCUT2D eigenvalue weighted by Gasteiger charge is 2.20. The Morgan fingerprint density at radius 1 is 1.00 bits per heavy atom. The van der Waals surface area contributed by atoms with Gasteiger partial charge in [0.1, 0.15) is 23.6 Å². The summed E-state index contributed by atoms with van der Waals surface area (Å²) >= 11 is 1.59. The van der Waals surface area contributed by atoms with Gasteiger partial charge in [0.05, 0.1) is 20.8 Å².